The Hall–Kier alpha value is -2.08. The molecule has 1 aromatic carbocycles. The summed E-state index contributed by atoms with van der Waals surface area (Å²) in [5.41, 5.74) is 0.996. The molecule has 76 valence electrons. The molecule has 0 saturated carbocycles. The summed E-state index contributed by atoms with van der Waals surface area (Å²) in [4.78, 5) is 12.9. The van der Waals surface area contributed by atoms with E-state index in [0.717, 1.165) is 5.56 Å². The molecule has 0 aliphatic carbocycles. The third-order valence-corrected chi connectivity index (χ3v) is 1.87. The predicted molar refractivity (Wildman–Crippen MR) is 58.7 cm³/mol. The van der Waals surface area contributed by atoms with Crippen LogP contribution in [0.25, 0.3) is 6.08 Å². The van der Waals surface area contributed by atoms with Gasteiger partial charge in [-0.1, -0.05) is 30.3 Å². The van der Waals surface area contributed by atoms with E-state index < -0.39 is 0 Å². The maximum absolute atomic E-state index is 11.5. The van der Waals surface area contributed by atoms with E-state index in [0.29, 0.717) is 0 Å². The number of hydrogen-bond donors (Lipinski definition) is 0. The van der Waals surface area contributed by atoms with Crippen molar-refractivity contribution in [3.05, 3.63) is 41.5 Å². The average Bonchev–Trinajstić information content (AvgIpc) is 2.26. The number of hydrogen-bond acceptors (Lipinski definition) is 2. The predicted octanol–water partition coefficient (Wildman–Crippen LogP) is 1.68. The SMILES string of the molecule is CN(C)C(=O)C(C#N)=Cc1ccccc1. The number of nitrogens with zero attached hydrogens (tertiary/aromatic N) is 2. The molecule has 0 heterocycles. The summed E-state index contributed by atoms with van der Waals surface area (Å²) in [5, 5.41) is 8.84. The summed E-state index contributed by atoms with van der Waals surface area (Å²) in [6.07, 6.45) is 1.59. The minimum atomic E-state index is -0.277. The molecule has 3 heteroatoms. The Labute approximate surface area is 89.2 Å². The zero-order valence-electron chi connectivity index (χ0n) is 8.77. The maximum atomic E-state index is 11.5. The Kier molecular flexibility index (Phi) is 3.64. The van der Waals surface area contributed by atoms with Crippen LogP contribution in [0.4, 0.5) is 0 Å². The van der Waals surface area contributed by atoms with Gasteiger partial charge in [0.15, 0.2) is 0 Å². The molecule has 15 heavy (non-hydrogen) atoms. The van der Waals surface area contributed by atoms with E-state index in [1.54, 1.807) is 20.2 Å². The van der Waals surface area contributed by atoms with Crippen LogP contribution in [-0.2, 0) is 4.79 Å². The van der Waals surface area contributed by atoms with Crippen LogP contribution in [-0.4, -0.2) is 24.9 Å². The van der Waals surface area contributed by atoms with Crippen molar-refractivity contribution in [2.24, 2.45) is 0 Å². The molecular formula is C12H12N2O. The molecule has 0 spiro atoms. The Balaban J connectivity index is 3.00. The molecule has 0 saturated heterocycles. The van der Waals surface area contributed by atoms with Gasteiger partial charge in [-0.05, 0) is 11.6 Å². The van der Waals surface area contributed by atoms with Crippen molar-refractivity contribution in [1.82, 2.24) is 4.90 Å². The molecule has 0 aliphatic rings. The minimum absolute atomic E-state index is 0.145. The quantitative estimate of drug-likeness (QED) is 0.538. The fourth-order valence-electron chi connectivity index (χ4n) is 1.10. The van der Waals surface area contributed by atoms with Crippen LogP contribution in [0.2, 0.25) is 0 Å². The number of amides is 1. The second kappa shape index (κ2) is 4.97. The second-order valence-electron chi connectivity index (χ2n) is 3.28. The molecule has 0 radical (unpaired) electrons. The zero-order chi connectivity index (χ0) is 11.3. The summed E-state index contributed by atoms with van der Waals surface area (Å²) in [7, 11) is 3.25. The van der Waals surface area contributed by atoms with E-state index in [1.165, 1.54) is 4.90 Å². The fraction of sp³-hybridized carbons (Fsp3) is 0.167. The highest BCUT2D eigenvalue weighted by molar-refractivity contribution is 6.01. The topological polar surface area (TPSA) is 44.1 Å². The van der Waals surface area contributed by atoms with Crippen LogP contribution >= 0.6 is 0 Å². The summed E-state index contributed by atoms with van der Waals surface area (Å²) < 4.78 is 0. The largest absolute Gasteiger partial charge is 0.344 e. The van der Waals surface area contributed by atoms with Crippen LogP contribution in [0.1, 0.15) is 5.56 Å². The molecule has 0 aromatic heterocycles. The highest BCUT2D eigenvalue weighted by Gasteiger charge is 2.10. The highest BCUT2D eigenvalue weighted by Crippen LogP contribution is 2.07. The van der Waals surface area contributed by atoms with Gasteiger partial charge in [-0.3, -0.25) is 4.79 Å². The number of likely N-dealkylation sites (N-methyl/N-ethyl adjacent to an activating group) is 1. The Morgan fingerprint density at radius 1 is 1.33 bits per heavy atom. The van der Waals surface area contributed by atoms with Crippen molar-refractivity contribution >= 4 is 12.0 Å². The summed E-state index contributed by atoms with van der Waals surface area (Å²) in [6, 6.07) is 11.2. The standard InChI is InChI=1S/C12H12N2O/c1-14(2)12(15)11(9-13)8-10-6-4-3-5-7-10/h3-8H,1-2H3. The zero-order valence-corrected chi connectivity index (χ0v) is 8.77. The van der Waals surface area contributed by atoms with Crippen molar-refractivity contribution in [1.29, 1.82) is 5.26 Å². The minimum Gasteiger partial charge on any atom is -0.344 e. The lowest BCUT2D eigenvalue weighted by Crippen LogP contribution is -2.22. The normalized spacial score (nSPS) is 10.6. The molecule has 0 fully saturated rings. The van der Waals surface area contributed by atoms with E-state index in [9.17, 15) is 4.79 Å². The molecule has 0 bridgehead atoms. The van der Waals surface area contributed by atoms with Gasteiger partial charge >= 0.3 is 0 Å². The van der Waals surface area contributed by atoms with Gasteiger partial charge in [-0.25, -0.2) is 0 Å². The van der Waals surface area contributed by atoms with Gasteiger partial charge < -0.3 is 4.90 Å². The highest BCUT2D eigenvalue weighted by atomic mass is 16.2. The molecule has 0 atom stereocenters. The number of rotatable bonds is 2. The van der Waals surface area contributed by atoms with Gasteiger partial charge in [0.2, 0.25) is 0 Å². The molecular weight excluding hydrogens is 188 g/mol. The summed E-state index contributed by atoms with van der Waals surface area (Å²) in [6.45, 7) is 0. The molecule has 1 amide bonds. The number of carbonyl (C=O) groups is 1. The van der Waals surface area contributed by atoms with Crippen molar-refractivity contribution in [2.45, 2.75) is 0 Å². The summed E-state index contributed by atoms with van der Waals surface area (Å²) >= 11 is 0. The van der Waals surface area contributed by atoms with Gasteiger partial charge in [0.05, 0.1) is 0 Å². The van der Waals surface area contributed by atoms with Crippen LogP contribution < -0.4 is 0 Å². The van der Waals surface area contributed by atoms with Gasteiger partial charge in [0, 0.05) is 14.1 Å². The number of benzene rings is 1. The first kappa shape index (κ1) is 11.0. The first-order chi connectivity index (χ1) is 7.15. The Morgan fingerprint density at radius 3 is 2.40 bits per heavy atom. The van der Waals surface area contributed by atoms with E-state index in [2.05, 4.69) is 0 Å². The number of nitriles is 1. The van der Waals surface area contributed by atoms with E-state index in [-0.39, 0.29) is 11.5 Å². The van der Waals surface area contributed by atoms with Gasteiger partial charge in [0.25, 0.3) is 5.91 Å². The molecule has 1 rings (SSSR count). The average molecular weight is 200 g/mol. The molecule has 0 N–H and O–H groups in total. The van der Waals surface area contributed by atoms with Crippen molar-refractivity contribution in [3.63, 3.8) is 0 Å². The lowest BCUT2D eigenvalue weighted by atomic mass is 10.1. The summed E-state index contributed by atoms with van der Waals surface area (Å²) in [5.74, 6) is -0.277. The molecule has 1 aromatic rings. The van der Waals surface area contributed by atoms with Gasteiger partial charge in [-0.2, -0.15) is 5.26 Å². The van der Waals surface area contributed by atoms with Gasteiger partial charge in [0.1, 0.15) is 11.6 Å². The third kappa shape index (κ3) is 2.96. The Morgan fingerprint density at radius 2 is 1.93 bits per heavy atom. The van der Waals surface area contributed by atoms with Crippen molar-refractivity contribution in [3.8, 4) is 6.07 Å². The molecule has 3 nitrogen and oxygen atoms in total. The third-order valence-electron chi connectivity index (χ3n) is 1.87. The maximum Gasteiger partial charge on any atom is 0.264 e. The number of carbonyl (C=O) groups excluding carboxylic acids is 1. The molecule has 0 aliphatic heterocycles. The fourth-order valence-corrected chi connectivity index (χ4v) is 1.10. The first-order valence-electron chi connectivity index (χ1n) is 4.53. The van der Waals surface area contributed by atoms with E-state index >= 15 is 0 Å². The van der Waals surface area contributed by atoms with Crippen LogP contribution in [0.5, 0.6) is 0 Å². The van der Waals surface area contributed by atoms with Crippen LogP contribution in [0, 0.1) is 11.3 Å². The Bertz CT molecular complexity index is 413. The molecule has 0 unspecified atom stereocenters. The van der Waals surface area contributed by atoms with Gasteiger partial charge in [-0.15, -0.1) is 0 Å². The van der Waals surface area contributed by atoms with E-state index in [1.807, 2.05) is 36.4 Å². The van der Waals surface area contributed by atoms with Crippen molar-refractivity contribution in [2.75, 3.05) is 14.1 Å². The second-order valence-corrected chi connectivity index (χ2v) is 3.28. The monoisotopic (exact) mass is 200 g/mol. The van der Waals surface area contributed by atoms with Crippen LogP contribution in [0.15, 0.2) is 35.9 Å². The lowest BCUT2D eigenvalue weighted by Gasteiger charge is -2.08. The first-order valence-corrected chi connectivity index (χ1v) is 4.53. The lowest BCUT2D eigenvalue weighted by molar-refractivity contribution is -0.124. The van der Waals surface area contributed by atoms with Crippen molar-refractivity contribution < 1.29 is 4.79 Å². The smallest absolute Gasteiger partial charge is 0.264 e. The van der Waals surface area contributed by atoms with Crippen LogP contribution in [0.3, 0.4) is 0 Å². The van der Waals surface area contributed by atoms with E-state index in [4.69, 9.17) is 5.26 Å².